The predicted octanol–water partition coefficient (Wildman–Crippen LogP) is 4.82. The third-order valence-electron chi connectivity index (χ3n) is 3.51. The molecule has 0 unspecified atom stereocenters. The molecule has 0 atom stereocenters. The molecule has 0 aliphatic carbocycles. The highest BCUT2D eigenvalue weighted by molar-refractivity contribution is 5.95. The summed E-state index contributed by atoms with van der Waals surface area (Å²) in [6.07, 6.45) is -3.23. The summed E-state index contributed by atoms with van der Waals surface area (Å²) in [6.45, 7) is 1.93. The second-order valence-corrected chi connectivity index (χ2v) is 5.56. The fraction of sp³-hybridized carbons (Fsp3) is 0.167. The summed E-state index contributed by atoms with van der Waals surface area (Å²) in [5.41, 5.74) is 2.65. The first kappa shape index (κ1) is 16.9. The van der Waals surface area contributed by atoms with Crippen LogP contribution in [0.15, 0.2) is 53.1 Å². The number of carbonyl (C=O) groups is 1. The fourth-order valence-corrected chi connectivity index (χ4v) is 2.48. The number of fused-ring (bicyclic) bond motifs is 1. The number of rotatable bonds is 4. The van der Waals surface area contributed by atoms with Gasteiger partial charge in [-0.1, -0.05) is 18.2 Å². The van der Waals surface area contributed by atoms with Crippen LogP contribution in [-0.4, -0.2) is 12.3 Å². The zero-order valence-corrected chi connectivity index (χ0v) is 13.2. The molecule has 0 bridgehead atoms. The van der Waals surface area contributed by atoms with Crippen LogP contribution in [0.3, 0.4) is 0 Å². The van der Waals surface area contributed by atoms with Gasteiger partial charge in [0.05, 0.1) is 12.7 Å². The van der Waals surface area contributed by atoms with Crippen LogP contribution in [0.4, 0.5) is 18.9 Å². The summed E-state index contributed by atoms with van der Waals surface area (Å²) < 4.78 is 46.0. The number of hydrogen-bond donors (Lipinski definition) is 1. The van der Waals surface area contributed by atoms with E-state index < -0.39 is 12.1 Å². The summed E-state index contributed by atoms with van der Waals surface area (Å²) in [7, 11) is 0. The Morgan fingerprint density at radius 1 is 1.20 bits per heavy atom. The lowest BCUT2D eigenvalue weighted by Crippen LogP contribution is -2.18. The zero-order chi connectivity index (χ0) is 18.0. The topological polar surface area (TPSA) is 51.5 Å². The molecule has 0 spiro atoms. The van der Waals surface area contributed by atoms with Crippen LogP contribution in [0.5, 0.6) is 5.75 Å². The van der Waals surface area contributed by atoms with Gasteiger partial charge >= 0.3 is 6.36 Å². The largest absolute Gasteiger partial charge is 0.573 e. The Bertz CT molecular complexity index is 915. The minimum absolute atomic E-state index is 0.0421. The summed E-state index contributed by atoms with van der Waals surface area (Å²) >= 11 is 0. The number of carbonyl (C=O) groups excluding carboxylic acids is 1. The average Bonchev–Trinajstić information content (AvgIpc) is 2.87. The summed E-state index contributed by atoms with van der Waals surface area (Å²) in [6, 6.07) is 10.8. The monoisotopic (exact) mass is 349 g/mol. The van der Waals surface area contributed by atoms with Gasteiger partial charge in [-0.25, -0.2) is 0 Å². The van der Waals surface area contributed by atoms with Crippen molar-refractivity contribution in [2.24, 2.45) is 0 Å². The molecule has 1 heterocycles. The van der Waals surface area contributed by atoms with Gasteiger partial charge in [-0.2, -0.15) is 0 Å². The van der Waals surface area contributed by atoms with Crippen LogP contribution < -0.4 is 10.1 Å². The number of alkyl halides is 3. The quantitative estimate of drug-likeness (QED) is 0.735. The molecule has 7 heteroatoms. The molecule has 4 nitrogen and oxygen atoms in total. The van der Waals surface area contributed by atoms with E-state index in [1.807, 2.05) is 25.1 Å². The maximum Gasteiger partial charge on any atom is 0.573 e. The number of anilines is 1. The number of nitrogens with one attached hydrogen (secondary N) is 1. The van der Waals surface area contributed by atoms with Crippen LogP contribution in [0.1, 0.15) is 11.1 Å². The van der Waals surface area contributed by atoms with Gasteiger partial charge < -0.3 is 14.5 Å². The van der Waals surface area contributed by atoms with Crippen molar-refractivity contribution >= 4 is 22.6 Å². The van der Waals surface area contributed by atoms with Gasteiger partial charge in [0.1, 0.15) is 11.3 Å². The number of ether oxygens (including phenoxy) is 1. The van der Waals surface area contributed by atoms with Crippen molar-refractivity contribution in [3.05, 3.63) is 59.9 Å². The van der Waals surface area contributed by atoms with Gasteiger partial charge in [0.15, 0.2) is 0 Å². The Labute approximate surface area is 141 Å². The van der Waals surface area contributed by atoms with Crippen molar-refractivity contribution in [2.45, 2.75) is 19.7 Å². The van der Waals surface area contributed by atoms with Gasteiger partial charge in [-0.05, 0) is 30.7 Å². The molecule has 0 saturated heterocycles. The Morgan fingerprint density at radius 2 is 2.00 bits per heavy atom. The minimum Gasteiger partial charge on any atom is -0.464 e. The number of benzene rings is 2. The molecule has 0 fully saturated rings. The molecule has 3 rings (SSSR count). The molecule has 2 aromatic carbocycles. The van der Waals surface area contributed by atoms with Crippen molar-refractivity contribution < 1.29 is 27.1 Å². The predicted molar refractivity (Wildman–Crippen MR) is 86.4 cm³/mol. The van der Waals surface area contributed by atoms with E-state index in [0.29, 0.717) is 11.1 Å². The van der Waals surface area contributed by atoms with E-state index in [9.17, 15) is 18.0 Å². The molecular weight excluding hydrogens is 335 g/mol. The molecule has 0 radical (unpaired) electrons. The lowest BCUT2D eigenvalue weighted by atomic mass is 10.1. The van der Waals surface area contributed by atoms with Crippen molar-refractivity contribution in [3.8, 4) is 5.75 Å². The van der Waals surface area contributed by atoms with Crippen molar-refractivity contribution in [1.29, 1.82) is 0 Å². The van der Waals surface area contributed by atoms with Gasteiger partial charge in [0.25, 0.3) is 0 Å². The van der Waals surface area contributed by atoms with Crippen molar-refractivity contribution in [2.75, 3.05) is 5.32 Å². The number of amides is 1. The Morgan fingerprint density at radius 3 is 2.76 bits per heavy atom. The Balaban J connectivity index is 1.71. The molecule has 0 saturated carbocycles. The molecule has 3 aromatic rings. The van der Waals surface area contributed by atoms with Crippen LogP contribution in [0.25, 0.3) is 11.0 Å². The van der Waals surface area contributed by atoms with E-state index >= 15 is 0 Å². The smallest absolute Gasteiger partial charge is 0.464 e. The van der Waals surface area contributed by atoms with Crippen molar-refractivity contribution in [1.82, 2.24) is 0 Å². The normalized spacial score (nSPS) is 11.5. The molecule has 1 aromatic heterocycles. The Kier molecular flexibility index (Phi) is 4.39. The van der Waals surface area contributed by atoms with E-state index in [1.54, 1.807) is 0 Å². The van der Waals surface area contributed by atoms with Gasteiger partial charge in [-0.15, -0.1) is 13.2 Å². The first-order valence-corrected chi connectivity index (χ1v) is 7.42. The SMILES string of the molecule is Cc1ccc2c(CC(=O)Nc3cccc(OC(F)(F)F)c3)coc2c1. The molecule has 1 N–H and O–H groups in total. The van der Waals surface area contributed by atoms with E-state index in [0.717, 1.165) is 23.1 Å². The standard InChI is InChI=1S/C18H14F3NO3/c1-11-5-6-15-12(10-24-16(15)7-11)8-17(23)22-13-3-2-4-14(9-13)25-18(19,20)21/h2-7,9-10H,8H2,1H3,(H,22,23). The van der Waals surface area contributed by atoms with Crippen molar-refractivity contribution in [3.63, 3.8) is 0 Å². The second-order valence-electron chi connectivity index (χ2n) is 5.56. The molecule has 1 amide bonds. The molecular formula is C18H14F3NO3. The maximum atomic E-state index is 12.2. The minimum atomic E-state index is -4.78. The van der Waals surface area contributed by atoms with Gasteiger partial charge in [0, 0.05) is 22.7 Å². The number of aryl methyl sites for hydroxylation is 1. The van der Waals surface area contributed by atoms with E-state index in [-0.39, 0.29) is 18.0 Å². The molecule has 0 aliphatic rings. The zero-order valence-electron chi connectivity index (χ0n) is 13.2. The van der Waals surface area contributed by atoms with Crippen LogP contribution >= 0.6 is 0 Å². The highest BCUT2D eigenvalue weighted by Crippen LogP contribution is 2.26. The maximum absolute atomic E-state index is 12.2. The Hall–Kier alpha value is -2.96. The second kappa shape index (κ2) is 6.51. The molecule has 130 valence electrons. The number of hydrogen-bond acceptors (Lipinski definition) is 3. The first-order valence-electron chi connectivity index (χ1n) is 7.42. The molecule has 0 aliphatic heterocycles. The van der Waals surface area contributed by atoms with E-state index in [2.05, 4.69) is 10.1 Å². The lowest BCUT2D eigenvalue weighted by Gasteiger charge is -2.10. The highest BCUT2D eigenvalue weighted by atomic mass is 19.4. The summed E-state index contributed by atoms with van der Waals surface area (Å²) in [4.78, 5) is 12.2. The fourth-order valence-electron chi connectivity index (χ4n) is 2.48. The van der Waals surface area contributed by atoms with E-state index in [1.165, 1.54) is 18.4 Å². The third-order valence-corrected chi connectivity index (χ3v) is 3.51. The van der Waals surface area contributed by atoms with Gasteiger partial charge in [-0.3, -0.25) is 4.79 Å². The number of furan rings is 1. The summed E-state index contributed by atoms with van der Waals surface area (Å²) in [5, 5.41) is 3.38. The van der Waals surface area contributed by atoms with Crippen LogP contribution in [-0.2, 0) is 11.2 Å². The first-order chi connectivity index (χ1) is 11.8. The van der Waals surface area contributed by atoms with Crippen LogP contribution in [0.2, 0.25) is 0 Å². The van der Waals surface area contributed by atoms with Crippen LogP contribution in [0, 0.1) is 6.92 Å². The molecule has 25 heavy (non-hydrogen) atoms. The third kappa shape index (κ3) is 4.32. The number of halogens is 3. The van der Waals surface area contributed by atoms with Gasteiger partial charge in [0.2, 0.25) is 5.91 Å². The van der Waals surface area contributed by atoms with E-state index in [4.69, 9.17) is 4.42 Å². The summed E-state index contributed by atoms with van der Waals surface area (Å²) in [5.74, 6) is -0.762. The average molecular weight is 349 g/mol. The lowest BCUT2D eigenvalue weighted by molar-refractivity contribution is -0.274. The highest BCUT2D eigenvalue weighted by Gasteiger charge is 2.31.